The molecule has 19 heavy (non-hydrogen) atoms. The van der Waals surface area contributed by atoms with E-state index in [2.05, 4.69) is 25.8 Å². The SMILES string of the molecule is O=C(c1ccnc(Br)c1)N1CCC[C@H]2CCCC[C@H]21. The standard InChI is InChI=1S/C15H19BrN2O/c16-14-10-12(7-8-17-14)15(19)18-9-3-5-11-4-1-2-6-13(11)18/h7-8,10-11,13H,1-6,9H2/t11-,13-/m1/s1. The second kappa shape index (κ2) is 5.61. The molecule has 0 radical (unpaired) electrons. The fourth-order valence-corrected chi connectivity index (χ4v) is 3.94. The Morgan fingerprint density at radius 1 is 1.26 bits per heavy atom. The summed E-state index contributed by atoms with van der Waals surface area (Å²) in [5.74, 6) is 0.913. The van der Waals surface area contributed by atoms with E-state index < -0.39 is 0 Å². The highest BCUT2D eigenvalue weighted by atomic mass is 79.9. The van der Waals surface area contributed by atoms with Crippen LogP contribution in [0.3, 0.4) is 0 Å². The Bertz CT molecular complexity index is 475. The molecule has 1 aromatic heterocycles. The molecule has 0 bridgehead atoms. The summed E-state index contributed by atoms with van der Waals surface area (Å²) >= 11 is 3.34. The van der Waals surface area contributed by atoms with Gasteiger partial charge >= 0.3 is 0 Å². The average Bonchev–Trinajstić information content (AvgIpc) is 2.46. The van der Waals surface area contributed by atoms with Crippen LogP contribution in [-0.2, 0) is 0 Å². The van der Waals surface area contributed by atoms with Gasteiger partial charge in [0.05, 0.1) is 0 Å². The Morgan fingerprint density at radius 3 is 2.89 bits per heavy atom. The third kappa shape index (κ3) is 2.69. The van der Waals surface area contributed by atoms with Crippen LogP contribution >= 0.6 is 15.9 Å². The zero-order valence-corrected chi connectivity index (χ0v) is 12.6. The molecule has 0 spiro atoms. The topological polar surface area (TPSA) is 33.2 Å². The third-order valence-corrected chi connectivity index (χ3v) is 4.91. The Balaban J connectivity index is 1.82. The number of carbonyl (C=O) groups excluding carboxylic acids is 1. The highest BCUT2D eigenvalue weighted by molar-refractivity contribution is 9.10. The minimum atomic E-state index is 0.180. The van der Waals surface area contributed by atoms with Crippen LogP contribution in [0.4, 0.5) is 0 Å². The zero-order chi connectivity index (χ0) is 13.2. The number of hydrogen-bond donors (Lipinski definition) is 0. The van der Waals surface area contributed by atoms with E-state index >= 15 is 0 Å². The highest BCUT2D eigenvalue weighted by Crippen LogP contribution is 2.35. The van der Waals surface area contributed by atoms with E-state index in [0.29, 0.717) is 6.04 Å². The Labute approximate surface area is 122 Å². The van der Waals surface area contributed by atoms with Gasteiger partial charge in [-0.05, 0) is 59.7 Å². The van der Waals surface area contributed by atoms with Crippen LogP contribution in [0.5, 0.6) is 0 Å². The minimum Gasteiger partial charge on any atom is -0.335 e. The van der Waals surface area contributed by atoms with Crippen molar-refractivity contribution in [2.24, 2.45) is 5.92 Å². The number of aromatic nitrogens is 1. The lowest BCUT2D eigenvalue weighted by Crippen LogP contribution is -2.49. The van der Waals surface area contributed by atoms with Crippen LogP contribution in [0.25, 0.3) is 0 Å². The van der Waals surface area contributed by atoms with Gasteiger partial charge in [-0.2, -0.15) is 0 Å². The first-order valence-corrected chi connectivity index (χ1v) is 7.97. The first-order valence-electron chi connectivity index (χ1n) is 7.18. The molecule has 4 heteroatoms. The fraction of sp³-hybridized carbons (Fsp3) is 0.600. The molecule has 1 aliphatic carbocycles. The fourth-order valence-electron chi connectivity index (χ4n) is 3.58. The molecule has 3 nitrogen and oxygen atoms in total. The number of halogens is 1. The van der Waals surface area contributed by atoms with Gasteiger partial charge in [0.25, 0.3) is 5.91 Å². The molecule has 3 rings (SSSR count). The summed E-state index contributed by atoms with van der Waals surface area (Å²) in [6.07, 6.45) is 9.24. The highest BCUT2D eigenvalue weighted by Gasteiger charge is 2.35. The van der Waals surface area contributed by atoms with Crippen LogP contribution in [0.2, 0.25) is 0 Å². The van der Waals surface area contributed by atoms with Crippen molar-refractivity contribution in [1.82, 2.24) is 9.88 Å². The summed E-state index contributed by atoms with van der Waals surface area (Å²) in [6, 6.07) is 4.12. The number of nitrogens with zero attached hydrogens (tertiary/aromatic N) is 2. The number of piperidine rings is 1. The second-order valence-corrected chi connectivity index (χ2v) is 6.43. The van der Waals surface area contributed by atoms with Gasteiger partial charge in [0, 0.05) is 24.3 Å². The summed E-state index contributed by atoms with van der Waals surface area (Å²) in [7, 11) is 0. The van der Waals surface area contributed by atoms with Crippen molar-refractivity contribution < 1.29 is 4.79 Å². The number of rotatable bonds is 1. The maximum absolute atomic E-state index is 12.7. The van der Waals surface area contributed by atoms with Crippen LogP contribution < -0.4 is 0 Å². The van der Waals surface area contributed by atoms with Crippen LogP contribution in [0.15, 0.2) is 22.9 Å². The van der Waals surface area contributed by atoms with Crippen molar-refractivity contribution in [1.29, 1.82) is 0 Å². The number of likely N-dealkylation sites (tertiary alicyclic amines) is 1. The number of hydrogen-bond acceptors (Lipinski definition) is 2. The first kappa shape index (κ1) is 13.1. The number of carbonyl (C=O) groups is 1. The van der Waals surface area contributed by atoms with Gasteiger partial charge in [-0.15, -0.1) is 0 Å². The first-order chi connectivity index (χ1) is 9.25. The quantitative estimate of drug-likeness (QED) is 0.739. The van der Waals surface area contributed by atoms with Crippen molar-refractivity contribution in [3.8, 4) is 0 Å². The predicted molar refractivity (Wildman–Crippen MR) is 78.0 cm³/mol. The lowest BCUT2D eigenvalue weighted by Gasteiger charge is -2.44. The molecule has 0 unspecified atom stereocenters. The van der Waals surface area contributed by atoms with Gasteiger partial charge in [0.15, 0.2) is 0 Å². The van der Waals surface area contributed by atoms with Crippen molar-refractivity contribution in [3.63, 3.8) is 0 Å². The van der Waals surface area contributed by atoms with Gasteiger partial charge in [-0.3, -0.25) is 4.79 Å². The van der Waals surface area contributed by atoms with E-state index in [-0.39, 0.29) is 5.91 Å². The number of fused-ring (bicyclic) bond motifs is 1. The minimum absolute atomic E-state index is 0.180. The van der Waals surface area contributed by atoms with Crippen LogP contribution in [0, 0.1) is 5.92 Å². The third-order valence-electron chi connectivity index (χ3n) is 4.48. The van der Waals surface area contributed by atoms with E-state index in [1.54, 1.807) is 6.20 Å². The van der Waals surface area contributed by atoms with Crippen molar-refractivity contribution in [3.05, 3.63) is 28.5 Å². The normalized spacial score (nSPS) is 26.9. The van der Waals surface area contributed by atoms with Gasteiger partial charge in [-0.1, -0.05) is 12.8 Å². The molecule has 0 aromatic carbocycles. The lowest BCUT2D eigenvalue weighted by atomic mass is 9.78. The molecule has 2 heterocycles. The molecule has 1 amide bonds. The summed E-state index contributed by atoms with van der Waals surface area (Å²) in [5, 5.41) is 0. The largest absolute Gasteiger partial charge is 0.335 e. The van der Waals surface area contributed by atoms with Crippen molar-refractivity contribution in [2.45, 2.75) is 44.6 Å². The number of pyridine rings is 1. The average molecular weight is 323 g/mol. The van der Waals surface area contributed by atoms with Crippen LogP contribution in [-0.4, -0.2) is 28.4 Å². The van der Waals surface area contributed by atoms with E-state index in [9.17, 15) is 4.79 Å². The van der Waals surface area contributed by atoms with Crippen molar-refractivity contribution in [2.75, 3.05) is 6.54 Å². The lowest BCUT2D eigenvalue weighted by molar-refractivity contribution is 0.0390. The molecule has 2 aliphatic rings. The van der Waals surface area contributed by atoms with E-state index in [1.165, 1.54) is 32.1 Å². The van der Waals surface area contributed by atoms with E-state index in [0.717, 1.165) is 29.1 Å². The van der Waals surface area contributed by atoms with Gasteiger partial charge in [0.2, 0.25) is 0 Å². The van der Waals surface area contributed by atoms with Crippen LogP contribution in [0.1, 0.15) is 48.9 Å². The molecular formula is C15H19BrN2O. The van der Waals surface area contributed by atoms with Gasteiger partial charge in [-0.25, -0.2) is 4.98 Å². The summed E-state index contributed by atoms with van der Waals surface area (Å²) < 4.78 is 0.732. The molecular weight excluding hydrogens is 304 g/mol. The van der Waals surface area contributed by atoms with Crippen molar-refractivity contribution >= 4 is 21.8 Å². The molecule has 1 saturated heterocycles. The predicted octanol–water partition coefficient (Wildman–Crippen LogP) is 3.64. The molecule has 0 N–H and O–H groups in total. The summed E-state index contributed by atoms with van der Waals surface area (Å²) in [6.45, 7) is 0.917. The second-order valence-electron chi connectivity index (χ2n) is 5.62. The Kier molecular flexibility index (Phi) is 3.87. The maximum Gasteiger partial charge on any atom is 0.254 e. The van der Waals surface area contributed by atoms with E-state index in [1.807, 2.05) is 12.1 Å². The molecule has 1 saturated carbocycles. The Hall–Kier alpha value is -0.900. The molecule has 1 aromatic rings. The monoisotopic (exact) mass is 322 g/mol. The summed E-state index contributed by atoms with van der Waals surface area (Å²) in [4.78, 5) is 18.9. The summed E-state index contributed by atoms with van der Waals surface area (Å²) in [5.41, 5.74) is 0.757. The smallest absolute Gasteiger partial charge is 0.254 e. The van der Waals surface area contributed by atoms with Gasteiger partial charge in [0.1, 0.15) is 4.60 Å². The maximum atomic E-state index is 12.7. The van der Waals surface area contributed by atoms with E-state index in [4.69, 9.17) is 0 Å². The number of amides is 1. The molecule has 2 fully saturated rings. The molecule has 2 atom stereocenters. The Morgan fingerprint density at radius 2 is 2.05 bits per heavy atom. The molecule has 102 valence electrons. The van der Waals surface area contributed by atoms with Gasteiger partial charge < -0.3 is 4.90 Å². The zero-order valence-electron chi connectivity index (χ0n) is 11.0. The molecule has 1 aliphatic heterocycles.